The molecule has 0 bridgehead atoms. The first-order chi connectivity index (χ1) is 9.36. The van der Waals surface area contributed by atoms with Crippen molar-refractivity contribution in [2.24, 2.45) is 5.92 Å². The maximum absolute atomic E-state index is 11.4. The van der Waals surface area contributed by atoms with E-state index in [1.54, 1.807) is 12.1 Å². The maximum atomic E-state index is 11.4. The van der Waals surface area contributed by atoms with Gasteiger partial charge in [-0.05, 0) is 41.2 Å². The van der Waals surface area contributed by atoms with Gasteiger partial charge in [0.2, 0.25) is 0 Å². The third-order valence-corrected chi connectivity index (χ3v) is 4.34. The Bertz CT molecular complexity index is 666. The van der Waals surface area contributed by atoms with Crippen molar-refractivity contribution in [1.82, 2.24) is 0 Å². The standard InChI is InChI=1S/C17H20O2S/c1-13(2)12-14-4-6-15(7-5-14)16-8-10-17(11-9-16)20(3,18)19/h4-11,13H,12H2,1-3H3. The predicted octanol–water partition coefficient (Wildman–Crippen LogP) is 3.96. The highest BCUT2D eigenvalue weighted by atomic mass is 32.2. The van der Waals surface area contributed by atoms with Crippen molar-refractivity contribution in [3.8, 4) is 11.1 Å². The highest BCUT2D eigenvalue weighted by molar-refractivity contribution is 7.90. The lowest BCUT2D eigenvalue weighted by atomic mass is 9.99. The van der Waals surface area contributed by atoms with Crippen LogP contribution in [0.5, 0.6) is 0 Å². The lowest BCUT2D eigenvalue weighted by Gasteiger charge is -2.07. The Kier molecular flexibility index (Phi) is 4.29. The molecule has 0 radical (unpaired) electrons. The average Bonchev–Trinajstić information content (AvgIpc) is 2.38. The minimum Gasteiger partial charge on any atom is -0.224 e. The minimum absolute atomic E-state index is 0.359. The highest BCUT2D eigenvalue weighted by Crippen LogP contribution is 2.22. The largest absolute Gasteiger partial charge is 0.224 e. The minimum atomic E-state index is -3.12. The first-order valence-corrected chi connectivity index (χ1v) is 8.65. The van der Waals surface area contributed by atoms with E-state index < -0.39 is 9.84 Å². The average molecular weight is 288 g/mol. The molecule has 0 spiro atoms. The van der Waals surface area contributed by atoms with Crippen LogP contribution in [0, 0.1) is 5.92 Å². The summed E-state index contributed by atoms with van der Waals surface area (Å²) < 4.78 is 22.9. The summed E-state index contributed by atoms with van der Waals surface area (Å²) in [5, 5.41) is 0. The summed E-state index contributed by atoms with van der Waals surface area (Å²) in [4.78, 5) is 0.359. The van der Waals surface area contributed by atoms with Crippen LogP contribution in [0.1, 0.15) is 19.4 Å². The van der Waals surface area contributed by atoms with Crippen molar-refractivity contribution < 1.29 is 8.42 Å². The van der Waals surface area contributed by atoms with Crippen LogP contribution in [-0.2, 0) is 16.3 Å². The van der Waals surface area contributed by atoms with Gasteiger partial charge in [-0.2, -0.15) is 0 Å². The highest BCUT2D eigenvalue weighted by Gasteiger charge is 2.07. The van der Waals surface area contributed by atoms with Crippen LogP contribution >= 0.6 is 0 Å². The molecule has 2 aromatic rings. The van der Waals surface area contributed by atoms with Gasteiger partial charge in [-0.1, -0.05) is 50.2 Å². The SMILES string of the molecule is CC(C)Cc1ccc(-c2ccc(S(C)(=O)=O)cc2)cc1. The van der Waals surface area contributed by atoms with E-state index in [1.807, 2.05) is 12.1 Å². The predicted molar refractivity (Wildman–Crippen MR) is 83.5 cm³/mol. The van der Waals surface area contributed by atoms with Crippen molar-refractivity contribution in [3.05, 3.63) is 54.1 Å². The maximum Gasteiger partial charge on any atom is 0.175 e. The molecule has 3 heteroatoms. The van der Waals surface area contributed by atoms with Crippen LogP contribution in [0.4, 0.5) is 0 Å². The summed E-state index contributed by atoms with van der Waals surface area (Å²) in [6.45, 7) is 4.41. The van der Waals surface area contributed by atoms with Gasteiger partial charge >= 0.3 is 0 Å². The smallest absolute Gasteiger partial charge is 0.175 e. The Morgan fingerprint density at radius 1 is 0.850 bits per heavy atom. The number of sulfone groups is 1. The summed E-state index contributed by atoms with van der Waals surface area (Å²) in [5.41, 5.74) is 3.47. The molecule has 2 rings (SSSR count). The third kappa shape index (κ3) is 3.70. The van der Waals surface area contributed by atoms with Gasteiger partial charge in [0.25, 0.3) is 0 Å². The first kappa shape index (κ1) is 14.8. The summed E-state index contributed by atoms with van der Waals surface area (Å²) >= 11 is 0. The molecule has 0 unspecified atom stereocenters. The van der Waals surface area contributed by atoms with Crippen LogP contribution in [0.3, 0.4) is 0 Å². The van der Waals surface area contributed by atoms with Gasteiger partial charge in [0, 0.05) is 6.26 Å². The van der Waals surface area contributed by atoms with E-state index in [2.05, 4.69) is 38.1 Å². The van der Waals surface area contributed by atoms with E-state index in [1.165, 1.54) is 11.8 Å². The van der Waals surface area contributed by atoms with E-state index in [4.69, 9.17) is 0 Å². The molecule has 2 nitrogen and oxygen atoms in total. The molecule has 2 aromatic carbocycles. The normalized spacial score (nSPS) is 11.8. The van der Waals surface area contributed by atoms with E-state index in [-0.39, 0.29) is 0 Å². The first-order valence-electron chi connectivity index (χ1n) is 6.75. The molecule has 0 aliphatic heterocycles. The van der Waals surface area contributed by atoms with Crippen molar-refractivity contribution >= 4 is 9.84 Å². The molecule has 0 saturated heterocycles. The summed E-state index contributed by atoms with van der Waals surface area (Å²) in [7, 11) is -3.12. The Balaban J connectivity index is 2.24. The van der Waals surface area contributed by atoms with Crippen LogP contribution in [-0.4, -0.2) is 14.7 Å². The van der Waals surface area contributed by atoms with Gasteiger partial charge in [0.05, 0.1) is 4.90 Å². The molecular weight excluding hydrogens is 268 g/mol. The van der Waals surface area contributed by atoms with Crippen LogP contribution < -0.4 is 0 Å². The molecule has 0 aliphatic carbocycles. The summed E-state index contributed by atoms with van der Waals surface area (Å²) in [6.07, 6.45) is 2.30. The van der Waals surface area contributed by atoms with Crippen LogP contribution in [0.15, 0.2) is 53.4 Å². The zero-order chi connectivity index (χ0) is 14.8. The van der Waals surface area contributed by atoms with E-state index >= 15 is 0 Å². The second kappa shape index (κ2) is 5.80. The Hall–Kier alpha value is -1.61. The van der Waals surface area contributed by atoms with Gasteiger partial charge in [-0.3, -0.25) is 0 Å². The topological polar surface area (TPSA) is 34.1 Å². The van der Waals surface area contributed by atoms with Gasteiger partial charge in [-0.25, -0.2) is 8.42 Å². The lowest BCUT2D eigenvalue weighted by molar-refractivity contribution is 0.602. The monoisotopic (exact) mass is 288 g/mol. The van der Waals surface area contributed by atoms with E-state index in [0.717, 1.165) is 17.5 Å². The molecule has 0 aromatic heterocycles. The second-order valence-corrected chi connectivity index (χ2v) is 7.61. The van der Waals surface area contributed by atoms with Crippen LogP contribution in [0.2, 0.25) is 0 Å². The van der Waals surface area contributed by atoms with Crippen molar-refractivity contribution in [3.63, 3.8) is 0 Å². The second-order valence-electron chi connectivity index (χ2n) is 5.59. The molecule has 0 saturated carbocycles. The zero-order valence-electron chi connectivity index (χ0n) is 12.1. The fraction of sp³-hybridized carbons (Fsp3) is 0.294. The Morgan fingerprint density at radius 3 is 1.70 bits per heavy atom. The Labute approximate surface area is 121 Å². The van der Waals surface area contributed by atoms with Gasteiger partial charge < -0.3 is 0 Å². The van der Waals surface area contributed by atoms with Gasteiger partial charge in [0.15, 0.2) is 9.84 Å². The lowest BCUT2D eigenvalue weighted by Crippen LogP contribution is -1.96. The number of hydrogen-bond donors (Lipinski definition) is 0. The zero-order valence-corrected chi connectivity index (χ0v) is 12.9. The third-order valence-electron chi connectivity index (χ3n) is 3.21. The van der Waals surface area contributed by atoms with Crippen molar-refractivity contribution in [1.29, 1.82) is 0 Å². The molecule has 0 amide bonds. The summed E-state index contributed by atoms with van der Waals surface area (Å²) in [5.74, 6) is 0.648. The van der Waals surface area contributed by atoms with Gasteiger partial charge in [0.1, 0.15) is 0 Å². The van der Waals surface area contributed by atoms with Crippen molar-refractivity contribution in [2.45, 2.75) is 25.2 Å². The van der Waals surface area contributed by atoms with E-state index in [0.29, 0.717) is 10.8 Å². The van der Waals surface area contributed by atoms with Crippen LogP contribution in [0.25, 0.3) is 11.1 Å². The van der Waals surface area contributed by atoms with Gasteiger partial charge in [-0.15, -0.1) is 0 Å². The number of hydrogen-bond acceptors (Lipinski definition) is 2. The van der Waals surface area contributed by atoms with E-state index in [9.17, 15) is 8.42 Å². The quantitative estimate of drug-likeness (QED) is 0.853. The number of benzene rings is 2. The fourth-order valence-electron chi connectivity index (χ4n) is 2.20. The molecular formula is C17H20O2S. The number of rotatable bonds is 4. The molecule has 0 N–H and O–H groups in total. The molecule has 0 atom stereocenters. The molecule has 20 heavy (non-hydrogen) atoms. The molecule has 0 fully saturated rings. The molecule has 0 aliphatic rings. The fourth-order valence-corrected chi connectivity index (χ4v) is 2.83. The van der Waals surface area contributed by atoms with Crippen molar-refractivity contribution in [2.75, 3.05) is 6.26 Å². The molecule has 0 heterocycles. The molecule has 106 valence electrons. The summed E-state index contributed by atoms with van der Waals surface area (Å²) in [6, 6.07) is 15.5. The Morgan fingerprint density at radius 2 is 1.30 bits per heavy atom.